The van der Waals surface area contributed by atoms with Crippen molar-refractivity contribution >= 4 is 5.91 Å². The summed E-state index contributed by atoms with van der Waals surface area (Å²) in [5, 5.41) is 0. The average molecular weight is 284 g/mol. The van der Waals surface area contributed by atoms with Crippen LogP contribution in [0.2, 0.25) is 0 Å². The number of hydrogen-bond acceptors (Lipinski definition) is 2. The normalized spacial score (nSPS) is 20.7. The molecule has 2 heterocycles. The van der Waals surface area contributed by atoms with E-state index >= 15 is 0 Å². The first kappa shape index (κ1) is 14.3. The molecule has 1 amide bonds. The molecule has 1 aromatic rings. The highest BCUT2D eigenvalue weighted by Crippen LogP contribution is 2.22. The van der Waals surface area contributed by atoms with Crippen LogP contribution in [-0.4, -0.2) is 41.9 Å². The summed E-state index contributed by atoms with van der Waals surface area (Å²) in [5.74, 6) is 0.613. The second-order valence-electron chi connectivity index (χ2n) is 6.08. The van der Waals surface area contributed by atoms with Gasteiger partial charge >= 0.3 is 0 Å². The summed E-state index contributed by atoms with van der Waals surface area (Å²) in [6.07, 6.45) is 7.31. The number of nitrogens with zero attached hydrogens (tertiary/aromatic N) is 2. The van der Waals surface area contributed by atoms with Crippen LogP contribution in [0.4, 0.5) is 0 Å². The molecule has 2 aliphatic heterocycles. The fourth-order valence-electron chi connectivity index (χ4n) is 3.28. The Morgan fingerprint density at radius 1 is 1.05 bits per heavy atom. The number of likely N-dealkylation sites (tertiary alicyclic amines) is 1. The quantitative estimate of drug-likeness (QED) is 0.797. The van der Waals surface area contributed by atoms with Crippen molar-refractivity contribution in [3.63, 3.8) is 0 Å². The fourth-order valence-corrected chi connectivity index (χ4v) is 3.28. The van der Waals surface area contributed by atoms with Crippen LogP contribution < -0.4 is 0 Å². The Hall–Kier alpha value is -1.61. The van der Waals surface area contributed by atoms with Gasteiger partial charge in [0.15, 0.2) is 0 Å². The number of carbonyl (C=O) groups is 1. The van der Waals surface area contributed by atoms with Crippen LogP contribution in [0.5, 0.6) is 0 Å². The molecule has 0 N–H and O–H groups in total. The van der Waals surface area contributed by atoms with Gasteiger partial charge in [-0.15, -0.1) is 0 Å². The van der Waals surface area contributed by atoms with E-state index in [1.807, 2.05) is 4.90 Å². The summed E-state index contributed by atoms with van der Waals surface area (Å²) in [6.45, 7) is 4.79. The maximum absolute atomic E-state index is 12.5. The lowest BCUT2D eigenvalue weighted by atomic mass is 9.94. The van der Waals surface area contributed by atoms with Crippen molar-refractivity contribution in [2.75, 3.05) is 26.2 Å². The summed E-state index contributed by atoms with van der Waals surface area (Å²) < 4.78 is 0. The molecule has 21 heavy (non-hydrogen) atoms. The van der Waals surface area contributed by atoms with Crippen molar-refractivity contribution in [2.24, 2.45) is 5.92 Å². The topological polar surface area (TPSA) is 23.6 Å². The lowest BCUT2D eigenvalue weighted by Crippen LogP contribution is -2.43. The van der Waals surface area contributed by atoms with Crippen LogP contribution in [0.25, 0.3) is 0 Å². The molecule has 1 fully saturated rings. The van der Waals surface area contributed by atoms with Crippen molar-refractivity contribution < 1.29 is 4.79 Å². The minimum Gasteiger partial charge on any atom is -0.338 e. The minimum absolute atomic E-state index is 0.239. The van der Waals surface area contributed by atoms with Crippen molar-refractivity contribution in [1.82, 2.24) is 9.80 Å². The second-order valence-corrected chi connectivity index (χ2v) is 6.08. The molecule has 3 nitrogen and oxygen atoms in total. The van der Waals surface area contributed by atoms with Gasteiger partial charge in [0.25, 0.3) is 0 Å². The van der Waals surface area contributed by atoms with Crippen molar-refractivity contribution in [3.8, 4) is 0 Å². The van der Waals surface area contributed by atoms with Gasteiger partial charge in [0.05, 0.1) is 0 Å². The van der Waals surface area contributed by atoms with Gasteiger partial charge in [-0.2, -0.15) is 0 Å². The Balaban J connectivity index is 1.48. The van der Waals surface area contributed by atoms with Crippen LogP contribution in [0.3, 0.4) is 0 Å². The van der Waals surface area contributed by atoms with E-state index in [2.05, 4.69) is 47.4 Å². The van der Waals surface area contributed by atoms with Gasteiger partial charge in [-0.1, -0.05) is 42.5 Å². The van der Waals surface area contributed by atoms with Gasteiger partial charge in [0, 0.05) is 25.6 Å². The highest BCUT2D eigenvalue weighted by Gasteiger charge is 2.28. The molecule has 0 radical (unpaired) electrons. The van der Waals surface area contributed by atoms with E-state index in [1.165, 1.54) is 5.56 Å². The highest BCUT2D eigenvalue weighted by molar-refractivity contribution is 5.79. The predicted molar refractivity (Wildman–Crippen MR) is 84.8 cm³/mol. The zero-order chi connectivity index (χ0) is 14.5. The molecule has 0 aliphatic carbocycles. The van der Waals surface area contributed by atoms with Crippen LogP contribution >= 0.6 is 0 Å². The summed E-state index contributed by atoms with van der Waals surface area (Å²) in [6, 6.07) is 10.6. The van der Waals surface area contributed by atoms with Gasteiger partial charge in [-0.3, -0.25) is 9.69 Å². The maximum Gasteiger partial charge on any atom is 0.226 e. The summed E-state index contributed by atoms with van der Waals surface area (Å²) in [4.78, 5) is 17.0. The Morgan fingerprint density at radius 2 is 1.81 bits per heavy atom. The lowest BCUT2D eigenvalue weighted by molar-refractivity contribution is -0.136. The molecular weight excluding hydrogens is 260 g/mol. The zero-order valence-electron chi connectivity index (χ0n) is 12.6. The molecule has 2 aliphatic rings. The molecule has 0 spiro atoms. The van der Waals surface area contributed by atoms with E-state index in [0.29, 0.717) is 5.91 Å². The summed E-state index contributed by atoms with van der Waals surface area (Å²) >= 11 is 0. The van der Waals surface area contributed by atoms with Crippen LogP contribution in [0.15, 0.2) is 42.5 Å². The zero-order valence-corrected chi connectivity index (χ0v) is 12.6. The Bertz CT molecular complexity index is 489. The van der Waals surface area contributed by atoms with Crippen LogP contribution in [-0.2, 0) is 11.3 Å². The molecule has 0 aromatic heterocycles. The number of piperidine rings is 1. The predicted octanol–water partition coefficient (Wildman–Crippen LogP) is 2.69. The summed E-state index contributed by atoms with van der Waals surface area (Å²) in [5.41, 5.74) is 1.36. The third-order valence-electron chi connectivity index (χ3n) is 4.56. The standard InChI is InChI=1S/C18H24N2O/c21-18(20-11-5-2-6-12-20)17-9-13-19(14-10-17)15-16-7-3-1-4-8-16/h1-5,7-8,17H,6,9-15H2. The van der Waals surface area contributed by atoms with Gasteiger partial charge < -0.3 is 4.90 Å². The molecule has 1 saturated heterocycles. The Kier molecular flexibility index (Phi) is 4.71. The smallest absolute Gasteiger partial charge is 0.226 e. The highest BCUT2D eigenvalue weighted by atomic mass is 16.2. The number of hydrogen-bond donors (Lipinski definition) is 0. The SMILES string of the molecule is O=C(C1CCN(Cc2ccccc2)CC1)N1CC=CCC1. The van der Waals surface area contributed by atoms with Gasteiger partial charge in [-0.05, 0) is 37.9 Å². The first-order valence-electron chi connectivity index (χ1n) is 8.03. The first-order valence-corrected chi connectivity index (χ1v) is 8.03. The third kappa shape index (κ3) is 3.73. The molecule has 3 rings (SSSR count). The number of rotatable bonds is 3. The lowest BCUT2D eigenvalue weighted by Gasteiger charge is -2.34. The first-order chi connectivity index (χ1) is 10.3. The summed E-state index contributed by atoms with van der Waals surface area (Å²) in [7, 11) is 0. The van der Waals surface area contributed by atoms with Crippen molar-refractivity contribution in [3.05, 3.63) is 48.0 Å². The van der Waals surface area contributed by atoms with Gasteiger partial charge in [0.2, 0.25) is 5.91 Å². The van der Waals surface area contributed by atoms with E-state index in [1.54, 1.807) is 0 Å². The van der Waals surface area contributed by atoms with Gasteiger partial charge in [0.1, 0.15) is 0 Å². The van der Waals surface area contributed by atoms with E-state index in [0.717, 1.165) is 52.0 Å². The molecule has 3 heteroatoms. The third-order valence-corrected chi connectivity index (χ3v) is 4.56. The molecule has 0 saturated carbocycles. The van der Waals surface area contributed by atoms with Crippen molar-refractivity contribution in [2.45, 2.75) is 25.8 Å². The molecular formula is C18H24N2O. The molecule has 0 bridgehead atoms. The molecule has 0 unspecified atom stereocenters. The van der Waals surface area contributed by atoms with E-state index in [4.69, 9.17) is 0 Å². The monoisotopic (exact) mass is 284 g/mol. The molecule has 0 atom stereocenters. The largest absolute Gasteiger partial charge is 0.338 e. The molecule has 112 valence electrons. The average Bonchev–Trinajstić information content (AvgIpc) is 2.57. The Labute approximate surface area is 127 Å². The number of benzene rings is 1. The van der Waals surface area contributed by atoms with Crippen LogP contribution in [0.1, 0.15) is 24.8 Å². The minimum atomic E-state index is 0.239. The fraction of sp³-hybridized carbons (Fsp3) is 0.500. The van der Waals surface area contributed by atoms with Crippen LogP contribution in [0, 0.1) is 5.92 Å². The number of carbonyl (C=O) groups excluding carboxylic acids is 1. The van der Waals surface area contributed by atoms with E-state index < -0.39 is 0 Å². The number of amides is 1. The van der Waals surface area contributed by atoms with E-state index in [-0.39, 0.29) is 5.92 Å². The second kappa shape index (κ2) is 6.90. The van der Waals surface area contributed by atoms with Gasteiger partial charge in [-0.25, -0.2) is 0 Å². The van der Waals surface area contributed by atoms with E-state index in [9.17, 15) is 4.79 Å². The van der Waals surface area contributed by atoms with Crippen molar-refractivity contribution in [1.29, 1.82) is 0 Å². The Morgan fingerprint density at radius 3 is 2.48 bits per heavy atom. The maximum atomic E-state index is 12.5. The molecule has 1 aromatic carbocycles.